The summed E-state index contributed by atoms with van der Waals surface area (Å²) in [6.45, 7) is 2.40. The van der Waals surface area contributed by atoms with Crippen LogP contribution in [0.25, 0.3) is 0 Å². The van der Waals surface area contributed by atoms with Crippen molar-refractivity contribution in [3.8, 4) is 0 Å². The number of hydrogen-bond acceptors (Lipinski definition) is 10. The van der Waals surface area contributed by atoms with Gasteiger partial charge < -0.3 is 16.2 Å². The van der Waals surface area contributed by atoms with E-state index < -0.39 is 33.0 Å². The van der Waals surface area contributed by atoms with Gasteiger partial charge in [-0.3, -0.25) is 14.7 Å². The number of likely N-dealkylation sites (tertiary alicyclic amines) is 1. The van der Waals surface area contributed by atoms with Crippen LogP contribution in [0.2, 0.25) is 0 Å². The Kier molecular flexibility index (Phi) is 8.94. The van der Waals surface area contributed by atoms with Crippen LogP contribution in [-0.2, 0) is 16.4 Å². The summed E-state index contributed by atoms with van der Waals surface area (Å²) in [5.74, 6) is -2.97. The van der Waals surface area contributed by atoms with Crippen LogP contribution >= 0.6 is 11.3 Å². The Morgan fingerprint density at radius 2 is 1.85 bits per heavy atom. The van der Waals surface area contributed by atoms with Gasteiger partial charge in [0.2, 0.25) is 15.8 Å². The number of anilines is 2. The summed E-state index contributed by atoms with van der Waals surface area (Å²) >= 11 is 0.906. The third-order valence-electron chi connectivity index (χ3n) is 7.63. The van der Waals surface area contributed by atoms with E-state index in [0.717, 1.165) is 55.1 Å². The van der Waals surface area contributed by atoms with Gasteiger partial charge in [-0.15, -0.1) is 0 Å². The first kappa shape index (κ1) is 29.5. The van der Waals surface area contributed by atoms with Crippen LogP contribution in [0.3, 0.4) is 0 Å². The van der Waals surface area contributed by atoms with Gasteiger partial charge >= 0.3 is 0 Å². The van der Waals surface area contributed by atoms with Crippen LogP contribution < -0.4 is 11.1 Å². The van der Waals surface area contributed by atoms with Crippen molar-refractivity contribution < 1.29 is 27.1 Å². The largest absolute Gasteiger partial charge is 0.395 e. The molecule has 1 aromatic carbocycles. The maximum atomic E-state index is 14.1. The first-order valence-electron chi connectivity index (χ1n) is 13.5. The maximum Gasteiger partial charge on any atom is 0.244 e. The zero-order valence-electron chi connectivity index (χ0n) is 22.3. The predicted molar refractivity (Wildman–Crippen MR) is 151 cm³/mol. The van der Waals surface area contributed by atoms with Crippen LogP contribution in [-0.4, -0.2) is 83.4 Å². The number of ketones is 1. The number of halogens is 2. The van der Waals surface area contributed by atoms with Crippen LogP contribution in [0, 0.1) is 11.6 Å². The van der Waals surface area contributed by atoms with Crippen LogP contribution in [0.1, 0.15) is 46.6 Å². The highest BCUT2D eigenvalue weighted by Crippen LogP contribution is 2.31. The van der Waals surface area contributed by atoms with Crippen molar-refractivity contribution in [1.29, 1.82) is 0 Å². The lowest BCUT2D eigenvalue weighted by molar-refractivity contribution is 0.103. The van der Waals surface area contributed by atoms with Crippen molar-refractivity contribution >= 4 is 38.1 Å². The SMILES string of the molecule is Nc1nc(NC2CCN(S(=O)(=O)c3ccc(CCN4CCC[C@H]4CO)nc3)CC2)sc1C(=O)c1c(F)cccc1F. The Balaban J connectivity index is 1.16. The number of rotatable bonds is 10. The van der Waals surface area contributed by atoms with Crippen molar-refractivity contribution in [2.75, 3.05) is 43.8 Å². The number of nitrogen functional groups attached to an aromatic ring is 1. The quantitative estimate of drug-likeness (QED) is 0.297. The van der Waals surface area contributed by atoms with Gasteiger partial charge in [-0.05, 0) is 56.5 Å². The van der Waals surface area contributed by atoms with E-state index in [4.69, 9.17) is 5.73 Å². The molecule has 0 bridgehead atoms. The minimum Gasteiger partial charge on any atom is -0.395 e. The van der Waals surface area contributed by atoms with Gasteiger partial charge in [-0.2, -0.15) is 4.31 Å². The second-order valence-electron chi connectivity index (χ2n) is 10.2. The van der Waals surface area contributed by atoms with Crippen molar-refractivity contribution in [3.05, 3.63) is 64.3 Å². The minimum absolute atomic E-state index is 0.0684. The maximum absolute atomic E-state index is 14.1. The molecular weight excluding hydrogens is 574 g/mol. The molecule has 10 nitrogen and oxygen atoms in total. The molecule has 2 aliphatic heterocycles. The summed E-state index contributed by atoms with van der Waals surface area (Å²) in [5.41, 5.74) is 6.01. The number of hydrogen-bond donors (Lipinski definition) is 3. The molecule has 4 N–H and O–H groups in total. The number of aliphatic hydroxyl groups excluding tert-OH is 1. The highest BCUT2D eigenvalue weighted by Gasteiger charge is 2.31. The van der Waals surface area contributed by atoms with Gasteiger partial charge in [-0.1, -0.05) is 17.4 Å². The Hall–Kier alpha value is -3.04. The van der Waals surface area contributed by atoms with Crippen molar-refractivity contribution in [2.45, 2.75) is 49.1 Å². The van der Waals surface area contributed by atoms with Gasteiger partial charge in [0.25, 0.3) is 0 Å². The lowest BCUT2D eigenvalue weighted by atomic mass is 10.1. The molecule has 0 aliphatic carbocycles. The number of nitrogens with one attached hydrogen (secondary N) is 1. The molecule has 0 unspecified atom stereocenters. The number of nitrogens with two attached hydrogens (primary N) is 1. The van der Waals surface area contributed by atoms with Crippen molar-refractivity contribution in [3.63, 3.8) is 0 Å². The molecule has 0 radical (unpaired) electrons. The highest BCUT2D eigenvalue weighted by atomic mass is 32.2. The summed E-state index contributed by atoms with van der Waals surface area (Å²) in [5, 5.41) is 13.0. The highest BCUT2D eigenvalue weighted by molar-refractivity contribution is 7.89. The van der Waals surface area contributed by atoms with Crippen LogP contribution in [0.4, 0.5) is 19.7 Å². The van der Waals surface area contributed by atoms with Gasteiger partial charge in [0.1, 0.15) is 27.2 Å². The number of pyridine rings is 1. The molecule has 14 heteroatoms. The van der Waals surface area contributed by atoms with E-state index >= 15 is 0 Å². The molecule has 2 aliphatic rings. The molecule has 2 saturated heterocycles. The zero-order chi connectivity index (χ0) is 29.1. The molecule has 3 aromatic rings. The molecule has 1 atom stereocenters. The summed E-state index contributed by atoms with van der Waals surface area (Å²) in [6.07, 6.45) is 5.10. The Morgan fingerprint density at radius 3 is 2.51 bits per heavy atom. The third-order valence-corrected chi connectivity index (χ3v) is 10.5. The summed E-state index contributed by atoms with van der Waals surface area (Å²) in [6, 6.07) is 6.56. The molecule has 220 valence electrons. The topological polar surface area (TPSA) is 142 Å². The van der Waals surface area contributed by atoms with Crippen LogP contribution in [0.15, 0.2) is 41.4 Å². The number of sulfonamides is 1. The van der Waals surface area contributed by atoms with E-state index in [1.54, 1.807) is 12.1 Å². The minimum atomic E-state index is -3.72. The molecule has 0 spiro atoms. The number of carbonyl (C=O) groups is 1. The lowest BCUT2D eigenvalue weighted by Gasteiger charge is -2.31. The Morgan fingerprint density at radius 1 is 1.12 bits per heavy atom. The van der Waals surface area contributed by atoms with E-state index in [-0.39, 0.29) is 47.4 Å². The number of carbonyl (C=O) groups excluding carboxylic acids is 1. The fourth-order valence-electron chi connectivity index (χ4n) is 5.31. The Bertz CT molecular complexity index is 1470. The van der Waals surface area contributed by atoms with E-state index in [1.807, 2.05) is 0 Å². The number of aromatic nitrogens is 2. The standard InChI is InChI=1S/C27H32F2N6O4S2/c28-21-4-1-5-22(29)23(21)24(37)25-26(30)33-27(40-25)32-18-9-13-35(14-10-18)41(38,39)20-7-6-17(31-15-20)8-12-34-11-2-3-19(34)16-36/h1,4-7,15,18-19,36H,2-3,8-14,16,30H2,(H,32,33)/t19-/m0/s1. The normalized spacial score (nSPS) is 19.0. The van der Waals surface area contributed by atoms with Gasteiger partial charge in [0.05, 0.1) is 12.2 Å². The second-order valence-corrected chi connectivity index (χ2v) is 13.2. The zero-order valence-corrected chi connectivity index (χ0v) is 23.9. The van der Waals surface area contributed by atoms with E-state index in [1.165, 1.54) is 16.6 Å². The average molecular weight is 607 g/mol. The number of aliphatic hydroxyl groups is 1. The molecule has 5 rings (SSSR count). The number of thiazole rings is 1. The predicted octanol–water partition coefficient (Wildman–Crippen LogP) is 2.89. The smallest absolute Gasteiger partial charge is 0.244 e. The number of benzene rings is 1. The van der Waals surface area contributed by atoms with Gasteiger partial charge in [0, 0.05) is 50.0 Å². The monoisotopic (exact) mass is 606 g/mol. The second kappa shape index (κ2) is 12.4. The molecule has 41 heavy (non-hydrogen) atoms. The van der Waals surface area contributed by atoms with Crippen molar-refractivity contribution in [1.82, 2.24) is 19.2 Å². The fraction of sp³-hybridized carbons (Fsp3) is 0.444. The van der Waals surface area contributed by atoms with E-state index in [9.17, 15) is 27.1 Å². The molecule has 2 aromatic heterocycles. The molecule has 0 saturated carbocycles. The Labute approximate surface area is 241 Å². The molecule has 2 fully saturated rings. The summed E-state index contributed by atoms with van der Waals surface area (Å²) < 4.78 is 56.1. The first-order valence-corrected chi connectivity index (χ1v) is 15.7. The molecule has 0 amide bonds. The molecular formula is C27H32F2N6O4S2. The fourth-order valence-corrected chi connectivity index (χ4v) is 7.64. The summed E-state index contributed by atoms with van der Waals surface area (Å²) in [7, 11) is -3.72. The van der Waals surface area contributed by atoms with E-state index in [0.29, 0.717) is 24.4 Å². The van der Waals surface area contributed by atoms with Gasteiger partial charge in [-0.25, -0.2) is 22.2 Å². The molecule has 4 heterocycles. The number of piperidine rings is 1. The van der Waals surface area contributed by atoms with Crippen LogP contribution in [0.5, 0.6) is 0 Å². The number of nitrogens with zero attached hydrogens (tertiary/aromatic N) is 4. The first-order chi connectivity index (χ1) is 19.7. The van der Waals surface area contributed by atoms with Gasteiger partial charge in [0.15, 0.2) is 5.13 Å². The lowest BCUT2D eigenvalue weighted by Crippen LogP contribution is -2.42. The average Bonchev–Trinajstić information content (AvgIpc) is 3.57. The van der Waals surface area contributed by atoms with Crippen molar-refractivity contribution in [2.24, 2.45) is 0 Å². The summed E-state index contributed by atoms with van der Waals surface area (Å²) in [4.78, 5) is 23.6. The third kappa shape index (κ3) is 6.41. The van der Waals surface area contributed by atoms with E-state index in [2.05, 4.69) is 20.2 Å².